The van der Waals surface area contributed by atoms with Gasteiger partial charge in [0.1, 0.15) is 24.6 Å². The number of hydrogen-bond acceptors (Lipinski definition) is 5. The van der Waals surface area contributed by atoms with Crippen LogP contribution >= 0.6 is 0 Å². The van der Waals surface area contributed by atoms with Gasteiger partial charge in [-0.1, -0.05) is 12.1 Å². The van der Waals surface area contributed by atoms with Crippen LogP contribution in [0.5, 0.6) is 5.75 Å². The summed E-state index contributed by atoms with van der Waals surface area (Å²) in [7, 11) is 3.94. The van der Waals surface area contributed by atoms with Crippen LogP contribution in [0.15, 0.2) is 30.0 Å². The number of benzene rings is 1. The Morgan fingerprint density at radius 1 is 1.29 bits per heavy atom. The van der Waals surface area contributed by atoms with Gasteiger partial charge in [-0.25, -0.2) is 0 Å². The molecule has 7 heteroatoms. The highest BCUT2D eigenvalue weighted by Gasteiger charge is 2.30. The molecule has 1 aliphatic heterocycles. The standard InChI is InChI=1S/C17H21N3O4/c1-12(21)20-11-16(22)18-15(17(20)23)10-13-4-6-14(7-5-13)24-9-8-19(2)3/h4-7,10H,8-9,11H2,1-3H3,(H,18,22)/b15-10-. The van der Waals surface area contributed by atoms with Crippen molar-refractivity contribution in [2.75, 3.05) is 33.8 Å². The van der Waals surface area contributed by atoms with Crippen molar-refractivity contribution in [2.45, 2.75) is 6.92 Å². The molecule has 0 aromatic heterocycles. The van der Waals surface area contributed by atoms with Gasteiger partial charge in [-0.05, 0) is 37.9 Å². The number of amides is 3. The van der Waals surface area contributed by atoms with Gasteiger partial charge in [-0.2, -0.15) is 0 Å². The summed E-state index contributed by atoms with van der Waals surface area (Å²) in [4.78, 5) is 38.2. The van der Waals surface area contributed by atoms with Crippen LogP contribution < -0.4 is 10.1 Å². The third-order valence-electron chi connectivity index (χ3n) is 3.43. The van der Waals surface area contributed by atoms with Crippen LogP contribution in [0.1, 0.15) is 12.5 Å². The van der Waals surface area contributed by atoms with E-state index in [-0.39, 0.29) is 18.1 Å². The minimum atomic E-state index is -0.506. The number of hydrogen-bond donors (Lipinski definition) is 1. The smallest absolute Gasteiger partial charge is 0.277 e. The zero-order valence-corrected chi connectivity index (χ0v) is 14.0. The maximum Gasteiger partial charge on any atom is 0.277 e. The minimum Gasteiger partial charge on any atom is -0.492 e. The molecule has 1 fully saturated rings. The fraction of sp³-hybridized carbons (Fsp3) is 0.353. The van der Waals surface area contributed by atoms with Crippen molar-refractivity contribution in [1.82, 2.24) is 15.1 Å². The highest BCUT2D eigenvalue weighted by atomic mass is 16.5. The number of piperazine rings is 1. The lowest BCUT2D eigenvalue weighted by Gasteiger charge is -2.25. The molecule has 1 aliphatic rings. The summed E-state index contributed by atoms with van der Waals surface area (Å²) in [5.41, 5.74) is 0.812. The van der Waals surface area contributed by atoms with Crippen LogP contribution in [0.3, 0.4) is 0 Å². The summed E-state index contributed by atoms with van der Waals surface area (Å²) in [5.74, 6) is -0.623. The van der Waals surface area contributed by atoms with Crippen molar-refractivity contribution in [1.29, 1.82) is 0 Å². The van der Waals surface area contributed by atoms with Gasteiger partial charge >= 0.3 is 0 Å². The van der Waals surface area contributed by atoms with Crippen LogP contribution in [0, 0.1) is 0 Å². The summed E-state index contributed by atoms with van der Waals surface area (Å²) in [6.45, 7) is 2.40. The van der Waals surface area contributed by atoms with Gasteiger partial charge in [0.25, 0.3) is 5.91 Å². The number of nitrogens with zero attached hydrogens (tertiary/aromatic N) is 2. The largest absolute Gasteiger partial charge is 0.492 e. The molecule has 2 rings (SSSR count). The van der Waals surface area contributed by atoms with Crippen molar-refractivity contribution in [3.8, 4) is 5.75 Å². The second kappa shape index (κ2) is 7.74. The Balaban J connectivity index is 2.08. The Morgan fingerprint density at radius 3 is 2.54 bits per heavy atom. The summed E-state index contributed by atoms with van der Waals surface area (Å²) in [6, 6.07) is 7.15. The molecule has 7 nitrogen and oxygen atoms in total. The first-order valence-electron chi connectivity index (χ1n) is 7.58. The topological polar surface area (TPSA) is 79.0 Å². The van der Waals surface area contributed by atoms with Crippen LogP contribution in [-0.4, -0.2) is 61.3 Å². The van der Waals surface area contributed by atoms with Crippen molar-refractivity contribution >= 4 is 23.8 Å². The van der Waals surface area contributed by atoms with Crippen molar-refractivity contribution in [3.05, 3.63) is 35.5 Å². The first-order chi connectivity index (χ1) is 11.4. The van der Waals surface area contributed by atoms with Gasteiger partial charge < -0.3 is 15.0 Å². The zero-order valence-electron chi connectivity index (χ0n) is 14.0. The molecule has 3 amide bonds. The Morgan fingerprint density at radius 2 is 1.96 bits per heavy atom. The molecule has 0 saturated carbocycles. The van der Waals surface area contributed by atoms with Crippen LogP contribution in [0.2, 0.25) is 0 Å². The molecule has 0 radical (unpaired) electrons. The molecule has 1 aromatic rings. The molecule has 0 atom stereocenters. The number of nitrogens with one attached hydrogen (secondary N) is 1. The van der Waals surface area contributed by atoms with Crippen LogP contribution in [0.25, 0.3) is 6.08 Å². The first kappa shape index (κ1) is 17.7. The Kier molecular flexibility index (Phi) is 5.70. The van der Waals surface area contributed by atoms with E-state index in [1.807, 2.05) is 19.0 Å². The molecule has 0 unspecified atom stereocenters. The monoisotopic (exact) mass is 331 g/mol. The lowest BCUT2D eigenvalue weighted by Crippen LogP contribution is -2.51. The Hall–Kier alpha value is -2.67. The number of rotatable bonds is 5. The van der Waals surface area contributed by atoms with E-state index < -0.39 is 11.8 Å². The first-order valence-corrected chi connectivity index (χ1v) is 7.58. The molecule has 1 aromatic carbocycles. The molecule has 1 heterocycles. The van der Waals surface area contributed by atoms with Gasteiger partial charge in [0.2, 0.25) is 11.8 Å². The fourth-order valence-electron chi connectivity index (χ4n) is 2.13. The second-order valence-corrected chi connectivity index (χ2v) is 5.74. The van der Waals surface area contributed by atoms with Gasteiger partial charge in [-0.3, -0.25) is 19.3 Å². The minimum absolute atomic E-state index is 0.0859. The number of imide groups is 1. The highest BCUT2D eigenvalue weighted by molar-refractivity contribution is 6.12. The number of ether oxygens (including phenoxy) is 1. The molecular weight excluding hydrogens is 310 g/mol. The predicted octanol–water partition coefficient (Wildman–Crippen LogP) is 0.473. The van der Waals surface area contributed by atoms with Crippen LogP contribution in [0.4, 0.5) is 0 Å². The molecule has 0 bridgehead atoms. The SMILES string of the molecule is CC(=O)N1CC(=O)N/C(=C\c2ccc(OCCN(C)C)cc2)C1=O. The van der Waals surface area contributed by atoms with E-state index in [0.29, 0.717) is 6.61 Å². The van der Waals surface area contributed by atoms with E-state index in [1.54, 1.807) is 30.3 Å². The van der Waals surface area contributed by atoms with Crippen molar-refractivity contribution in [3.63, 3.8) is 0 Å². The number of likely N-dealkylation sites (N-methyl/N-ethyl adjacent to an activating group) is 1. The number of carbonyl (C=O) groups is 3. The number of carbonyl (C=O) groups excluding carboxylic acids is 3. The summed E-state index contributed by atoms with van der Waals surface area (Å²) < 4.78 is 5.60. The average molecular weight is 331 g/mol. The highest BCUT2D eigenvalue weighted by Crippen LogP contribution is 2.16. The predicted molar refractivity (Wildman–Crippen MR) is 89.0 cm³/mol. The third-order valence-corrected chi connectivity index (χ3v) is 3.43. The van der Waals surface area contributed by atoms with E-state index in [9.17, 15) is 14.4 Å². The second-order valence-electron chi connectivity index (χ2n) is 5.74. The molecule has 128 valence electrons. The Labute approximate surface area is 140 Å². The van der Waals surface area contributed by atoms with Gasteiger partial charge in [0.15, 0.2) is 0 Å². The van der Waals surface area contributed by atoms with Gasteiger partial charge in [0.05, 0.1) is 0 Å². The van der Waals surface area contributed by atoms with Crippen LogP contribution in [-0.2, 0) is 14.4 Å². The molecule has 1 N–H and O–H groups in total. The van der Waals surface area contributed by atoms with Gasteiger partial charge in [0, 0.05) is 13.5 Å². The molecule has 24 heavy (non-hydrogen) atoms. The zero-order chi connectivity index (χ0) is 17.7. The van der Waals surface area contributed by atoms with Gasteiger partial charge in [-0.15, -0.1) is 0 Å². The molecule has 0 spiro atoms. The van der Waals surface area contributed by atoms with E-state index in [1.165, 1.54) is 6.92 Å². The van der Waals surface area contributed by atoms with Crippen molar-refractivity contribution < 1.29 is 19.1 Å². The fourth-order valence-corrected chi connectivity index (χ4v) is 2.13. The molecular formula is C17H21N3O4. The Bertz CT molecular complexity index is 665. The lowest BCUT2D eigenvalue weighted by molar-refractivity contribution is -0.147. The normalized spacial score (nSPS) is 16.5. The maximum atomic E-state index is 12.2. The quantitative estimate of drug-likeness (QED) is 0.794. The third kappa shape index (κ3) is 4.66. The van der Waals surface area contributed by atoms with E-state index in [4.69, 9.17) is 4.74 Å². The molecule has 0 aliphatic carbocycles. The molecule has 1 saturated heterocycles. The maximum absolute atomic E-state index is 12.2. The summed E-state index contributed by atoms with van der Waals surface area (Å²) >= 11 is 0. The average Bonchev–Trinajstić information content (AvgIpc) is 2.51. The van der Waals surface area contributed by atoms with E-state index >= 15 is 0 Å². The van der Waals surface area contributed by atoms with E-state index in [2.05, 4.69) is 5.32 Å². The lowest BCUT2D eigenvalue weighted by atomic mass is 10.1. The van der Waals surface area contributed by atoms with Crippen molar-refractivity contribution in [2.24, 2.45) is 0 Å². The summed E-state index contributed by atoms with van der Waals surface area (Å²) in [5, 5.41) is 2.50. The van der Waals surface area contributed by atoms with E-state index in [0.717, 1.165) is 22.8 Å². The summed E-state index contributed by atoms with van der Waals surface area (Å²) in [6.07, 6.45) is 1.54.